The summed E-state index contributed by atoms with van der Waals surface area (Å²) < 4.78 is 10.5. The van der Waals surface area contributed by atoms with Crippen molar-refractivity contribution in [3.05, 3.63) is 57.6 Å². The average molecular weight is 342 g/mol. The molecule has 0 fully saturated rings. The van der Waals surface area contributed by atoms with E-state index in [1.807, 2.05) is 11.4 Å². The van der Waals surface area contributed by atoms with Gasteiger partial charge in [-0.2, -0.15) is 4.98 Å². The highest BCUT2D eigenvalue weighted by atomic mass is 32.1. The Balaban J connectivity index is 1.42. The van der Waals surface area contributed by atoms with E-state index in [0.29, 0.717) is 30.7 Å². The van der Waals surface area contributed by atoms with Gasteiger partial charge in [-0.15, -0.1) is 11.3 Å². The summed E-state index contributed by atoms with van der Waals surface area (Å²) >= 11 is 1.59. The molecule has 7 heteroatoms. The molecule has 1 aromatic carbocycles. The second kappa shape index (κ2) is 6.70. The Bertz CT molecular complexity index is 829. The lowest BCUT2D eigenvalue weighted by atomic mass is 9.98. The average Bonchev–Trinajstić information content (AvgIpc) is 3.31. The fourth-order valence-electron chi connectivity index (χ4n) is 2.98. The van der Waals surface area contributed by atoms with Gasteiger partial charge in [0.25, 0.3) is 0 Å². The first-order valence-corrected chi connectivity index (χ1v) is 8.76. The van der Waals surface area contributed by atoms with Gasteiger partial charge >= 0.3 is 0 Å². The highest BCUT2D eigenvalue weighted by Crippen LogP contribution is 2.33. The minimum atomic E-state index is 0.377. The molecule has 0 saturated heterocycles. The molecule has 1 aliphatic rings. The van der Waals surface area contributed by atoms with E-state index in [9.17, 15) is 0 Å². The van der Waals surface area contributed by atoms with E-state index in [4.69, 9.17) is 9.26 Å². The van der Waals surface area contributed by atoms with Crippen molar-refractivity contribution in [2.45, 2.75) is 25.4 Å². The molecule has 1 unspecified atom stereocenters. The van der Waals surface area contributed by atoms with Crippen LogP contribution in [0.15, 0.2) is 34.2 Å². The topological polar surface area (TPSA) is 73.1 Å². The maximum Gasteiger partial charge on any atom is 0.227 e. The summed E-state index contributed by atoms with van der Waals surface area (Å²) in [5.74, 6) is 1.74. The maximum atomic E-state index is 5.43. The Morgan fingerprint density at radius 2 is 2.25 bits per heavy atom. The minimum absolute atomic E-state index is 0.377. The molecule has 0 radical (unpaired) electrons. The summed E-state index contributed by atoms with van der Waals surface area (Å²) in [7, 11) is 1.67. The number of fused-ring (bicyclic) bond motifs is 1. The van der Waals surface area contributed by atoms with Gasteiger partial charge in [0.05, 0.1) is 18.7 Å². The van der Waals surface area contributed by atoms with Gasteiger partial charge in [-0.1, -0.05) is 23.4 Å². The van der Waals surface area contributed by atoms with Crippen LogP contribution in [-0.2, 0) is 24.2 Å². The lowest BCUT2D eigenvalue weighted by Crippen LogP contribution is -2.05. The third-order valence-electron chi connectivity index (χ3n) is 4.08. The summed E-state index contributed by atoms with van der Waals surface area (Å²) in [6, 6.07) is 8.38. The smallest absolute Gasteiger partial charge is 0.227 e. The molecular formula is C17H18N4O2S. The van der Waals surface area contributed by atoms with Crippen molar-refractivity contribution in [2.24, 2.45) is 0 Å². The molecule has 3 aromatic rings. The van der Waals surface area contributed by atoms with Gasteiger partial charge < -0.3 is 14.6 Å². The first-order chi connectivity index (χ1) is 11.8. The monoisotopic (exact) mass is 342 g/mol. The van der Waals surface area contributed by atoms with Crippen molar-refractivity contribution >= 4 is 17.0 Å². The van der Waals surface area contributed by atoms with Crippen LogP contribution in [0.2, 0.25) is 0 Å². The molecule has 0 spiro atoms. The van der Waals surface area contributed by atoms with Crippen molar-refractivity contribution in [3.63, 3.8) is 0 Å². The van der Waals surface area contributed by atoms with Crippen LogP contribution in [0.3, 0.4) is 0 Å². The number of rotatable bonds is 6. The molecule has 0 bridgehead atoms. The van der Waals surface area contributed by atoms with Gasteiger partial charge in [-0.05, 0) is 11.6 Å². The zero-order chi connectivity index (χ0) is 16.4. The van der Waals surface area contributed by atoms with Crippen LogP contribution in [0, 0.1) is 0 Å². The van der Waals surface area contributed by atoms with E-state index in [0.717, 1.165) is 23.7 Å². The highest BCUT2D eigenvalue weighted by Gasteiger charge is 2.24. The number of hydrogen-bond donors (Lipinski definition) is 1. The minimum Gasteiger partial charge on any atom is -0.384 e. The number of thiazole rings is 1. The second-order valence-electron chi connectivity index (χ2n) is 5.82. The summed E-state index contributed by atoms with van der Waals surface area (Å²) in [4.78, 5) is 9.02. The van der Waals surface area contributed by atoms with E-state index in [1.165, 1.54) is 11.3 Å². The number of methoxy groups -OCH3 is 1. The lowest BCUT2D eigenvalue weighted by molar-refractivity contribution is 0.184. The van der Waals surface area contributed by atoms with Crippen LogP contribution < -0.4 is 5.32 Å². The summed E-state index contributed by atoms with van der Waals surface area (Å²) in [6.45, 7) is 1.44. The van der Waals surface area contributed by atoms with Gasteiger partial charge in [0.1, 0.15) is 5.01 Å². The number of nitrogens with one attached hydrogen (secondary N) is 1. The second-order valence-corrected chi connectivity index (χ2v) is 6.76. The molecule has 2 aromatic heterocycles. The largest absolute Gasteiger partial charge is 0.384 e. The molecule has 1 aliphatic heterocycles. The van der Waals surface area contributed by atoms with Crippen molar-refractivity contribution < 1.29 is 9.26 Å². The summed E-state index contributed by atoms with van der Waals surface area (Å²) in [6.07, 6.45) is 1.34. The van der Waals surface area contributed by atoms with Gasteiger partial charge in [0.2, 0.25) is 5.89 Å². The number of aromatic nitrogens is 3. The predicted octanol–water partition coefficient (Wildman–Crippen LogP) is 3.02. The molecule has 3 heterocycles. The van der Waals surface area contributed by atoms with Crippen LogP contribution in [0.1, 0.15) is 33.9 Å². The van der Waals surface area contributed by atoms with E-state index < -0.39 is 0 Å². The molecule has 0 amide bonds. The Morgan fingerprint density at radius 1 is 1.33 bits per heavy atom. The lowest BCUT2D eigenvalue weighted by Gasteiger charge is -2.05. The normalized spacial score (nSPS) is 16.1. The van der Waals surface area contributed by atoms with E-state index in [1.54, 1.807) is 18.4 Å². The number of benzene rings is 1. The quantitative estimate of drug-likeness (QED) is 0.742. The van der Waals surface area contributed by atoms with Crippen LogP contribution in [-0.4, -0.2) is 28.8 Å². The fourth-order valence-corrected chi connectivity index (χ4v) is 3.74. The Kier molecular flexibility index (Phi) is 4.27. The number of anilines is 1. The predicted molar refractivity (Wildman–Crippen MR) is 91.3 cm³/mol. The molecule has 1 N–H and O–H groups in total. The third-order valence-corrected chi connectivity index (χ3v) is 4.95. The standard InChI is InChI=1S/C17H18N4O2S/c1-22-9-17-19-12(10-24-17)7-15-20-16(23-21-15)6-11-8-18-14-5-3-2-4-13(11)14/h2-5,10-11,18H,6-9H2,1H3. The van der Waals surface area contributed by atoms with Crippen molar-refractivity contribution in [3.8, 4) is 0 Å². The summed E-state index contributed by atoms with van der Waals surface area (Å²) in [5, 5.41) is 10.5. The highest BCUT2D eigenvalue weighted by molar-refractivity contribution is 7.09. The van der Waals surface area contributed by atoms with Crippen molar-refractivity contribution in [1.29, 1.82) is 0 Å². The van der Waals surface area contributed by atoms with E-state index in [2.05, 4.69) is 38.6 Å². The Morgan fingerprint density at radius 3 is 3.17 bits per heavy atom. The molecule has 24 heavy (non-hydrogen) atoms. The molecule has 0 aliphatic carbocycles. The SMILES string of the molecule is COCc1nc(Cc2noc(CC3CNc4ccccc43)n2)cs1. The van der Waals surface area contributed by atoms with Crippen molar-refractivity contribution in [1.82, 2.24) is 15.1 Å². The van der Waals surface area contributed by atoms with Crippen LogP contribution >= 0.6 is 11.3 Å². The van der Waals surface area contributed by atoms with Crippen molar-refractivity contribution in [2.75, 3.05) is 19.0 Å². The van der Waals surface area contributed by atoms with Gasteiger partial charge in [0.15, 0.2) is 5.82 Å². The fraction of sp³-hybridized carbons (Fsp3) is 0.353. The van der Waals surface area contributed by atoms with Crippen LogP contribution in [0.25, 0.3) is 0 Å². The molecular weight excluding hydrogens is 324 g/mol. The van der Waals surface area contributed by atoms with Gasteiger partial charge in [-0.25, -0.2) is 4.98 Å². The third kappa shape index (κ3) is 3.18. The van der Waals surface area contributed by atoms with Crippen LogP contribution in [0.4, 0.5) is 5.69 Å². The molecule has 124 valence electrons. The maximum absolute atomic E-state index is 5.43. The van der Waals surface area contributed by atoms with Crippen LogP contribution in [0.5, 0.6) is 0 Å². The zero-order valence-corrected chi connectivity index (χ0v) is 14.2. The number of ether oxygens (including phenoxy) is 1. The van der Waals surface area contributed by atoms with E-state index in [-0.39, 0.29) is 0 Å². The Labute approximate surface area is 143 Å². The van der Waals surface area contributed by atoms with Gasteiger partial charge in [0, 0.05) is 37.1 Å². The first kappa shape index (κ1) is 15.3. The summed E-state index contributed by atoms with van der Waals surface area (Å²) in [5.41, 5.74) is 3.48. The zero-order valence-electron chi connectivity index (χ0n) is 13.4. The first-order valence-electron chi connectivity index (χ1n) is 7.88. The number of hydrogen-bond acceptors (Lipinski definition) is 7. The molecule has 0 saturated carbocycles. The Hall–Kier alpha value is -2.25. The molecule has 4 rings (SSSR count). The number of nitrogens with zero attached hydrogens (tertiary/aromatic N) is 3. The van der Waals surface area contributed by atoms with Gasteiger partial charge in [-0.3, -0.25) is 0 Å². The molecule has 1 atom stereocenters. The molecule has 6 nitrogen and oxygen atoms in total. The number of para-hydroxylation sites is 1. The van der Waals surface area contributed by atoms with E-state index >= 15 is 0 Å².